The van der Waals surface area contributed by atoms with Crippen LogP contribution >= 0.6 is 0 Å². The standard InChI is InChI=1S/C15H29N3O/c1-12(2)17-15(4,11-16)9-13(3)18-8-6-7-14(10-18)19-5/h12-14,17H,6-10H2,1-5H3. The fraction of sp³-hybridized carbons (Fsp3) is 0.933. The Hall–Kier alpha value is -0.630. The number of methoxy groups -OCH3 is 1. The number of likely N-dealkylation sites (tertiary alicyclic amines) is 1. The summed E-state index contributed by atoms with van der Waals surface area (Å²) >= 11 is 0. The molecule has 0 amide bonds. The van der Waals surface area contributed by atoms with E-state index in [1.165, 1.54) is 6.42 Å². The van der Waals surface area contributed by atoms with Gasteiger partial charge in [0.1, 0.15) is 5.54 Å². The molecule has 4 heteroatoms. The molecule has 19 heavy (non-hydrogen) atoms. The normalized spacial score (nSPS) is 25.8. The van der Waals surface area contributed by atoms with Crippen LogP contribution in [0, 0.1) is 11.3 Å². The maximum Gasteiger partial charge on any atom is 0.105 e. The van der Waals surface area contributed by atoms with Crippen molar-refractivity contribution in [1.29, 1.82) is 5.26 Å². The summed E-state index contributed by atoms with van der Waals surface area (Å²) in [6.45, 7) is 10.5. The van der Waals surface area contributed by atoms with Gasteiger partial charge in [-0.05, 0) is 53.5 Å². The molecule has 1 fully saturated rings. The highest BCUT2D eigenvalue weighted by atomic mass is 16.5. The van der Waals surface area contributed by atoms with Gasteiger partial charge in [0.15, 0.2) is 0 Å². The summed E-state index contributed by atoms with van der Waals surface area (Å²) in [5.41, 5.74) is -0.451. The van der Waals surface area contributed by atoms with Crippen LogP contribution in [0.3, 0.4) is 0 Å². The molecule has 4 nitrogen and oxygen atoms in total. The SMILES string of the molecule is COC1CCCN(C(C)CC(C)(C#N)NC(C)C)C1. The van der Waals surface area contributed by atoms with Crippen molar-refractivity contribution in [2.75, 3.05) is 20.2 Å². The van der Waals surface area contributed by atoms with Gasteiger partial charge in [0.2, 0.25) is 0 Å². The lowest BCUT2D eigenvalue weighted by Crippen LogP contribution is -2.52. The van der Waals surface area contributed by atoms with Crippen LogP contribution in [0.2, 0.25) is 0 Å². The van der Waals surface area contributed by atoms with E-state index in [4.69, 9.17) is 4.74 Å². The molecule has 3 atom stereocenters. The fourth-order valence-electron chi connectivity index (χ4n) is 3.05. The van der Waals surface area contributed by atoms with Gasteiger partial charge in [0, 0.05) is 25.7 Å². The molecule has 110 valence electrons. The first-order valence-electron chi connectivity index (χ1n) is 7.36. The van der Waals surface area contributed by atoms with Crippen molar-refractivity contribution in [3.8, 4) is 6.07 Å². The highest BCUT2D eigenvalue weighted by Gasteiger charge is 2.31. The first-order chi connectivity index (χ1) is 8.90. The Morgan fingerprint density at radius 3 is 2.68 bits per heavy atom. The summed E-state index contributed by atoms with van der Waals surface area (Å²) in [6.07, 6.45) is 3.53. The van der Waals surface area contributed by atoms with Crippen molar-refractivity contribution in [2.24, 2.45) is 0 Å². The van der Waals surface area contributed by atoms with E-state index in [1.54, 1.807) is 7.11 Å². The third-order valence-corrected chi connectivity index (χ3v) is 3.92. The van der Waals surface area contributed by atoms with E-state index in [0.717, 1.165) is 25.9 Å². The molecule has 1 heterocycles. The summed E-state index contributed by atoms with van der Waals surface area (Å²) in [5.74, 6) is 0. The van der Waals surface area contributed by atoms with Crippen molar-refractivity contribution >= 4 is 0 Å². The molecule has 1 aliphatic heterocycles. The van der Waals surface area contributed by atoms with Crippen molar-refractivity contribution in [1.82, 2.24) is 10.2 Å². The molecule has 3 unspecified atom stereocenters. The van der Waals surface area contributed by atoms with Gasteiger partial charge in [-0.15, -0.1) is 0 Å². The second-order valence-corrected chi connectivity index (χ2v) is 6.29. The molecule has 1 rings (SSSR count). The van der Waals surface area contributed by atoms with Crippen LogP contribution in [0.25, 0.3) is 0 Å². The smallest absolute Gasteiger partial charge is 0.105 e. The molecule has 0 aliphatic carbocycles. The maximum atomic E-state index is 9.42. The predicted octanol–water partition coefficient (Wildman–Crippen LogP) is 2.16. The minimum atomic E-state index is -0.451. The Labute approximate surface area is 118 Å². The summed E-state index contributed by atoms with van der Waals surface area (Å²) in [4.78, 5) is 2.45. The largest absolute Gasteiger partial charge is 0.380 e. The van der Waals surface area contributed by atoms with E-state index >= 15 is 0 Å². The lowest BCUT2D eigenvalue weighted by molar-refractivity contribution is 0.0130. The molecule has 0 spiro atoms. The molecule has 0 radical (unpaired) electrons. The number of hydrogen-bond acceptors (Lipinski definition) is 4. The van der Waals surface area contributed by atoms with Crippen LogP contribution in [-0.2, 0) is 4.74 Å². The van der Waals surface area contributed by atoms with Gasteiger partial charge in [-0.25, -0.2) is 0 Å². The van der Waals surface area contributed by atoms with Crippen LogP contribution in [0.5, 0.6) is 0 Å². The highest BCUT2D eigenvalue weighted by molar-refractivity contribution is 5.06. The third kappa shape index (κ3) is 5.10. The first-order valence-corrected chi connectivity index (χ1v) is 7.36. The van der Waals surface area contributed by atoms with Gasteiger partial charge in [0.25, 0.3) is 0 Å². The molecule has 1 saturated heterocycles. The maximum absolute atomic E-state index is 9.42. The average Bonchev–Trinajstić information content (AvgIpc) is 2.37. The Kier molecular flexibility index (Phi) is 6.25. The Morgan fingerprint density at radius 2 is 2.16 bits per heavy atom. The number of nitriles is 1. The summed E-state index contributed by atoms with van der Waals surface area (Å²) < 4.78 is 5.47. The second-order valence-electron chi connectivity index (χ2n) is 6.29. The van der Waals surface area contributed by atoms with Gasteiger partial charge < -0.3 is 4.74 Å². The number of hydrogen-bond donors (Lipinski definition) is 1. The van der Waals surface area contributed by atoms with Crippen LogP contribution in [0.1, 0.15) is 47.0 Å². The topological polar surface area (TPSA) is 48.3 Å². The van der Waals surface area contributed by atoms with Gasteiger partial charge in [-0.3, -0.25) is 10.2 Å². The molecule has 0 aromatic heterocycles. The van der Waals surface area contributed by atoms with E-state index in [1.807, 2.05) is 6.92 Å². The summed E-state index contributed by atoms with van der Waals surface area (Å²) in [6, 6.07) is 3.16. The van der Waals surface area contributed by atoms with Gasteiger partial charge in [0.05, 0.1) is 12.2 Å². The summed E-state index contributed by atoms with van der Waals surface area (Å²) in [5, 5.41) is 12.8. The molecule has 1 aliphatic rings. The number of ether oxygens (including phenoxy) is 1. The third-order valence-electron chi connectivity index (χ3n) is 3.92. The van der Waals surface area contributed by atoms with Crippen molar-refractivity contribution < 1.29 is 4.74 Å². The van der Waals surface area contributed by atoms with E-state index in [9.17, 15) is 5.26 Å². The quantitative estimate of drug-likeness (QED) is 0.801. The summed E-state index contributed by atoms with van der Waals surface area (Å²) in [7, 11) is 1.79. The zero-order valence-electron chi connectivity index (χ0n) is 13.1. The number of piperidine rings is 1. The molecular formula is C15H29N3O. The number of nitrogens with one attached hydrogen (secondary N) is 1. The first kappa shape index (κ1) is 16.4. The lowest BCUT2D eigenvalue weighted by Gasteiger charge is -2.39. The van der Waals surface area contributed by atoms with Gasteiger partial charge >= 0.3 is 0 Å². The van der Waals surface area contributed by atoms with E-state index in [2.05, 4.69) is 37.1 Å². The molecule has 0 saturated carbocycles. The second kappa shape index (κ2) is 7.23. The van der Waals surface area contributed by atoms with Crippen molar-refractivity contribution in [2.45, 2.75) is 70.7 Å². The van der Waals surface area contributed by atoms with Gasteiger partial charge in [-0.1, -0.05) is 0 Å². The highest BCUT2D eigenvalue weighted by Crippen LogP contribution is 2.21. The Bertz CT molecular complexity index is 313. The van der Waals surface area contributed by atoms with Crippen LogP contribution in [-0.4, -0.2) is 48.8 Å². The van der Waals surface area contributed by atoms with E-state index in [0.29, 0.717) is 18.2 Å². The van der Waals surface area contributed by atoms with Crippen LogP contribution in [0.15, 0.2) is 0 Å². The van der Waals surface area contributed by atoms with Crippen molar-refractivity contribution in [3.05, 3.63) is 0 Å². The molecule has 0 bridgehead atoms. The number of nitrogens with zero attached hydrogens (tertiary/aromatic N) is 2. The molecular weight excluding hydrogens is 238 g/mol. The monoisotopic (exact) mass is 267 g/mol. The van der Waals surface area contributed by atoms with Crippen LogP contribution < -0.4 is 5.32 Å². The fourth-order valence-corrected chi connectivity index (χ4v) is 3.05. The molecule has 0 aromatic rings. The molecule has 1 N–H and O–H groups in total. The zero-order valence-corrected chi connectivity index (χ0v) is 13.1. The molecule has 0 aromatic carbocycles. The minimum Gasteiger partial charge on any atom is -0.380 e. The van der Waals surface area contributed by atoms with Crippen molar-refractivity contribution in [3.63, 3.8) is 0 Å². The zero-order chi connectivity index (χ0) is 14.5. The Morgan fingerprint density at radius 1 is 1.47 bits per heavy atom. The average molecular weight is 267 g/mol. The Balaban J connectivity index is 2.57. The van der Waals surface area contributed by atoms with Gasteiger partial charge in [-0.2, -0.15) is 5.26 Å². The van der Waals surface area contributed by atoms with Crippen LogP contribution in [0.4, 0.5) is 0 Å². The minimum absolute atomic E-state index is 0.324. The lowest BCUT2D eigenvalue weighted by atomic mass is 9.92. The predicted molar refractivity (Wildman–Crippen MR) is 78.0 cm³/mol. The van der Waals surface area contributed by atoms with E-state index in [-0.39, 0.29) is 0 Å². The van der Waals surface area contributed by atoms with E-state index < -0.39 is 5.54 Å². The number of rotatable bonds is 6.